The van der Waals surface area contributed by atoms with Gasteiger partial charge in [0.2, 0.25) is 5.91 Å². The van der Waals surface area contributed by atoms with Crippen molar-refractivity contribution in [2.24, 2.45) is 5.92 Å². The quantitative estimate of drug-likeness (QED) is 0.137. The van der Waals surface area contributed by atoms with Gasteiger partial charge in [0.15, 0.2) is 0 Å². The van der Waals surface area contributed by atoms with Gasteiger partial charge in [-0.2, -0.15) is 13.2 Å². The van der Waals surface area contributed by atoms with Crippen LogP contribution in [0.3, 0.4) is 0 Å². The molecule has 2 aliphatic rings. The normalized spacial score (nSPS) is 16.4. The van der Waals surface area contributed by atoms with E-state index in [1.54, 1.807) is 41.3 Å². The molecule has 298 valence electrons. The Morgan fingerprint density at radius 1 is 0.857 bits per heavy atom. The first-order chi connectivity index (χ1) is 27.0. The Kier molecular flexibility index (Phi) is 13.9. The molecule has 6 rings (SSSR count). The molecule has 1 atom stereocenters. The third-order valence-corrected chi connectivity index (χ3v) is 10.9. The van der Waals surface area contributed by atoms with Gasteiger partial charge < -0.3 is 24.6 Å². The van der Waals surface area contributed by atoms with E-state index in [9.17, 15) is 27.2 Å². The predicted molar refractivity (Wildman–Crippen MR) is 208 cm³/mol. The van der Waals surface area contributed by atoms with E-state index in [1.807, 2.05) is 37.3 Å². The molecule has 0 bridgehead atoms. The highest BCUT2D eigenvalue weighted by molar-refractivity contribution is 6.33. The van der Waals surface area contributed by atoms with Crippen molar-refractivity contribution in [1.82, 2.24) is 20.0 Å². The third-order valence-electron chi connectivity index (χ3n) is 10.6. The Morgan fingerprint density at radius 2 is 1.57 bits per heavy atom. The first kappa shape index (κ1) is 41.0. The average Bonchev–Trinajstić information content (AvgIpc) is 3.20. The van der Waals surface area contributed by atoms with Gasteiger partial charge in [-0.15, -0.1) is 0 Å². The van der Waals surface area contributed by atoms with E-state index in [2.05, 4.69) is 15.1 Å². The van der Waals surface area contributed by atoms with Crippen LogP contribution in [0.25, 0.3) is 11.1 Å². The first-order valence-corrected chi connectivity index (χ1v) is 19.4. The molecule has 0 saturated carbocycles. The van der Waals surface area contributed by atoms with Crippen LogP contribution in [0.5, 0.6) is 5.75 Å². The van der Waals surface area contributed by atoms with Crippen molar-refractivity contribution in [3.05, 3.63) is 124 Å². The van der Waals surface area contributed by atoms with Gasteiger partial charge in [-0.1, -0.05) is 72.3 Å². The number of piperazine rings is 1. The van der Waals surface area contributed by atoms with E-state index in [-0.39, 0.29) is 24.2 Å². The van der Waals surface area contributed by atoms with Crippen LogP contribution in [0.2, 0.25) is 5.02 Å². The fourth-order valence-electron chi connectivity index (χ4n) is 7.51. The highest BCUT2D eigenvalue weighted by Crippen LogP contribution is 2.36. The highest BCUT2D eigenvalue weighted by atomic mass is 35.5. The van der Waals surface area contributed by atoms with E-state index < -0.39 is 23.9 Å². The number of amides is 2. The van der Waals surface area contributed by atoms with Crippen molar-refractivity contribution in [1.29, 1.82) is 0 Å². The molecule has 2 fully saturated rings. The second kappa shape index (κ2) is 19.0. The molecular weight excluding hydrogens is 748 g/mol. The Bertz CT molecular complexity index is 1930. The van der Waals surface area contributed by atoms with Crippen LogP contribution in [-0.2, 0) is 35.3 Å². The summed E-state index contributed by atoms with van der Waals surface area (Å²) < 4.78 is 67.3. The lowest BCUT2D eigenvalue weighted by molar-refractivity contribution is -0.138. The number of nitrogens with one attached hydrogen (secondary N) is 1. The van der Waals surface area contributed by atoms with Crippen molar-refractivity contribution in [2.75, 3.05) is 52.4 Å². The van der Waals surface area contributed by atoms with E-state index in [4.69, 9.17) is 21.1 Å². The number of carbonyl (C=O) groups excluding carboxylic acids is 2. The molecular formula is C43H47ClF4N4O4. The lowest BCUT2D eigenvalue weighted by Crippen LogP contribution is -2.58. The van der Waals surface area contributed by atoms with Crippen molar-refractivity contribution < 1.29 is 36.6 Å². The van der Waals surface area contributed by atoms with Crippen LogP contribution in [0.4, 0.5) is 22.4 Å². The number of carbonyl (C=O) groups is 2. The van der Waals surface area contributed by atoms with E-state index >= 15 is 0 Å². The van der Waals surface area contributed by atoms with E-state index in [1.165, 1.54) is 18.2 Å². The minimum Gasteiger partial charge on any atom is -0.493 e. The van der Waals surface area contributed by atoms with Crippen LogP contribution in [0.15, 0.2) is 91.0 Å². The molecule has 2 amide bonds. The topological polar surface area (TPSA) is 74.3 Å². The molecule has 4 aromatic rings. The molecule has 0 spiro atoms. The number of alkyl carbamates (subject to hydrolysis) is 1. The summed E-state index contributed by atoms with van der Waals surface area (Å²) in [6.07, 6.45) is -3.63. The summed E-state index contributed by atoms with van der Waals surface area (Å²) in [4.78, 5) is 33.4. The highest BCUT2D eigenvalue weighted by Gasteiger charge is 2.37. The molecule has 0 radical (unpaired) electrons. The summed E-state index contributed by atoms with van der Waals surface area (Å²) in [6.45, 7) is 6.18. The van der Waals surface area contributed by atoms with Crippen LogP contribution in [0, 0.1) is 11.7 Å². The van der Waals surface area contributed by atoms with Gasteiger partial charge in [0.05, 0.1) is 12.2 Å². The number of hydrogen-bond donors (Lipinski definition) is 1. The average molecular weight is 795 g/mol. The number of rotatable bonds is 13. The smallest absolute Gasteiger partial charge is 0.416 e. The number of nitrogens with zero attached hydrogens (tertiary/aromatic N) is 3. The predicted octanol–water partition coefficient (Wildman–Crippen LogP) is 8.46. The number of alkyl halides is 3. The Hall–Kier alpha value is -4.65. The van der Waals surface area contributed by atoms with Crippen molar-refractivity contribution in [3.8, 4) is 16.9 Å². The largest absolute Gasteiger partial charge is 0.493 e. The zero-order chi connectivity index (χ0) is 39.7. The molecule has 2 saturated heterocycles. The van der Waals surface area contributed by atoms with Crippen LogP contribution in [-0.4, -0.2) is 85.2 Å². The number of ether oxygens (including phenoxy) is 2. The molecule has 0 unspecified atom stereocenters. The molecule has 2 heterocycles. The molecule has 13 heteroatoms. The summed E-state index contributed by atoms with van der Waals surface area (Å²) >= 11 is 6.46. The monoisotopic (exact) mass is 794 g/mol. The number of benzene rings is 4. The second-order valence-corrected chi connectivity index (χ2v) is 14.6. The first-order valence-electron chi connectivity index (χ1n) is 19.1. The molecule has 0 aromatic heterocycles. The lowest BCUT2D eigenvalue weighted by Gasteiger charge is -2.40. The summed E-state index contributed by atoms with van der Waals surface area (Å²) in [5.74, 6) is -0.226. The Labute approximate surface area is 330 Å². The standard InChI is InChI=1S/C43H47ClF4N4O4/c1-2-55-39-14-8-13-38(45)36(39)28-51-23-25-52(26-24-51)41(53)40(49-42(54)56-29-30-9-4-3-5-10-30)31-17-20-50(21-18-31)22-19-32-27-33(43(46,47)48)15-16-34(32)35-11-6-7-12-37(35)44/h3-16,27,31,40H,2,17-26,28-29H2,1H3,(H,49,54)/t40-/m1/s1. The van der Waals surface area contributed by atoms with Crippen LogP contribution < -0.4 is 10.1 Å². The zero-order valence-corrected chi connectivity index (χ0v) is 32.1. The van der Waals surface area contributed by atoms with Gasteiger partial charge in [-0.05, 0) is 92.2 Å². The van der Waals surface area contributed by atoms with E-state index in [0.717, 1.165) is 11.6 Å². The minimum absolute atomic E-state index is 0.0518. The SMILES string of the molecule is CCOc1cccc(F)c1CN1CCN(C(=O)[C@H](NC(=O)OCc2ccccc2)C2CCN(CCc3cc(C(F)(F)F)ccc3-c3ccccc3Cl)CC2)CC1. The Morgan fingerprint density at radius 3 is 2.27 bits per heavy atom. The number of piperidine rings is 1. The molecule has 0 aliphatic carbocycles. The fraction of sp³-hybridized carbons (Fsp3) is 0.395. The summed E-state index contributed by atoms with van der Waals surface area (Å²) in [6, 6.07) is 24.1. The van der Waals surface area contributed by atoms with Crippen LogP contribution in [0.1, 0.15) is 42.0 Å². The van der Waals surface area contributed by atoms with Gasteiger partial charge in [0, 0.05) is 55.4 Å². The second-order valence-electron chi connectivity index (χ2n) is 14.2. The fourth-order valence-corrected chi connectivity index (χ4v) is 7.75. The zero-order valence-electron chi connectivity index (χ0n) is 31.4. The van der Waals surface area contributed by atoms with Gasteiger partial charge in [0.25, 0.3) is 0 Å². The number of halogens is 5. The molecule has 2 aliphatic heterocycles. The summed E-state index contributed by atoms with van der Waals surface area (Å²) in [7, 11) is 0. The van der Waals surface area contributed by atoms with Gasteiger partial charge in [-0.25, -0.2) is 9.18 Å². The number of likely N-dealkylation sites (tertiary alicyclic amines) is 1. The van der Waals surface area contributed by atoms with Gasteiger partial charge in [0.1, 0.15) is 24.2 Å². The Balaban J connectivity index is 1.11. The molecule has 56 heavy (non-hydrogen) atoms. The molecule has 8 nitrogen and oxygen atoms in total. The third kappa shape index (κ3) is 10.6. The summed E-state index contributed by atoms with van der Waals surface area (Å²) in [5.41, 5.74) is 2.47. The van der Waals surface area contributed by atoms with Gasteiger partial charge in [-0.3, -0.25) is 9.69 Å². The van der Waals surface area contributed by atoms with E-state index in [0.29, 0.717) is 111 Å². The maximum Gasteiger partial charge on any atom is 0.416 e. The molecule has 4 aromatic carbocycles. The van der Waals surface area contributed by atoms with Crippen LogP contribution >= 0.6 is 11.6 Å². The van der Waals surface area contributed by atoms with Crippen molar-refractivity contribution in [3.63, 3.8) is 0 Å². The minimum atomic E-state index is -4.48. The van der Waals surface area contributed by atoms with Gasteiger partial charge >= 0.3 is 12.3 Å². The maximum absolute atomic E-state index is 14.8. The van der Waals surface area contributed by atoms with Crippen molar-refractivity contribution >= 4 is 23.6 Å². The van der Waals surface area contributed by atoms with Crippen molar-refractivity contribution in [2.45, 2.75) is 51.6 Å². The number of hydrogen-bond acceptors (Lipinski definition) is 6. The molecule has 1 N–H and O–H groups in total. The maximum atomic E-state index is 14.8. The summed E-state index contributed by atoms with van der Waals surface area (Å²) in [5, 5.41) is 3.35. The lowest BCUT2D eigenvalue weighted by atomic mass is 9.88.